The van der Waals surface area contributed by atoms with Gasteiger partial charge in [0.25, 0.3) is 0 Å². The van der Waals surface area contributed by atoms with Gasteiger partial charge in [0.05, 0.1) is 11.7 Å². The summed E-state index contributed by atoms with van der Waals surface area (Å²) in [7, 11) is 1.96. The SMILES string of the molecule is Cn1ncc2ccc(C3(N)CC3)cc21. The van der Waals surface area contributed by atoms with Crippen LogP contribution in [0.4, 0.5) is 0 Å². The highest BCUT2D eigenvalue weighted by Crippen LogP contribution is 2.43. The van der Waals surface area contributed by atoms with Crippen LogP contribution in [0.2, 0.25) is 0 Å². The van der Waals surface area contributed by atoms with E-state index in [-0.39, 0.29) is 5.54 Å². The van der Waals surface area contributed by atoms with Crippen LogP contribution in [0.5, 0.6) is 0 Å². The first-order chi connectivity index (χ1) is 6.69. The van der Waals surface area contributed by atoms with Crippen LogP contribution in [-0.2, 0) is 12.6 Å². The standard InChI is InChI=1S/C11H13N3/c1-14-10-6-9(11(12)4-5-11)3-2-8(10)7-13-14/h2-3,6-7H,4-5,12H2,1H3. The molecule has 0 spiro atoms. The molecule has 1 heterocycles. The van der Waals surface area contributed by atoms with Crippen molar-refractivity contribution >= 4 is 10.9 Å². The van der Waals surface area contributed by atoms with Crippen molar-refractivity contribution in [3.63, 3.8) is 0 Å². The van der Waals surface area contributed by atoms with Crippen molar-refractivity contribution in [1.29, 1.82) is 0 Å². The van der Waals surface area contributed by atoms with Crippen molar-refractivity contribution in [2.45, 2.75) is 18.4 Å². The summed E-state index contributed by atoms with van der Waals surface area (Å²) in [6.45, 7) is 0. The fourth-order valence-corrected chi connectivity index (χ4v) is 1.88. The summed E-state index contributed by atoms with van der Waals surface area (Å²) < 4.78 is 1.89. The van der Waals surface area contributed by atoms with Gasteiger partial charge in [-0.2, -0.15) is 5.10 Å². The van der Waals surface area contributed by atoms with E-state index in [0.29, 0.717) is 0 Å². The average Bonchev–Trinajstić information content (AvgIpc) is 2.84. The second kappa shape index (κ2) is 2.36. The van der Waals surface area contributed by atoms with E-state index in [1.807, 2.05) is 17.9 Å². The van der Waals surface area contributed by atoms with Crippen LogP contribution in [0.25, 0.3) is 10.9 Å². The molecular formula is C11H13N3. The van der Waals surface area contributed by atoms with Gasteiger partial charge >= 0.3 is 0 Å². The third kappa shape index (κ3) is 0.990. The number of fused-ring (bicyclic) bond motifs is 1. The number of nitrogens with two attached hydrogens (primary N) is 1. The van der Waals surface area contributed by atoms with Crippen LogP contribution in [0.15, 0.2) is 24.4 Å². The Hall–Kier alpha value is -1.35. The molecule has 2 N–H and O–H groups in total. The van der Waals surface area contributed by atoms with E-state index in [9.17, 15) is 0 Å². The Balaban J connectivity index is 2.23. The van der Waals surface area contributed by atoms with E-state index in [1.54, 1.807) is 0 Å². The second-order valence-electron chi connectivity index (χ2n) is 4.20. The first-order valence-corrected chi connectivity index (χ1v) is 4.90. The molecule has 0 amide bonds. The van der Waals surface area contributed by atoms with Crippen molar-refractivity contribution in [2.75, 3.05) is 0 Å². The minimum atomic E-state index is -0.0432. The molecular weight excluding hydrogens is 174 g/mol. The van der Waals surface area contributed by atoms with Crippen LogP contribution < -0.4 is 5.73 Å². The zero-order valence-electron chi connectivity index (χ0n) is 8.20. The normalized spacial score (nSPS) is 18.7. The molecule has 0 atom stereocenters. The summed E-state index contributed by atoms with van der Waals surface area (Å²) in [5, 5.41) is 5.40. The van der Waals surface area contributed by atoms with E-state index < -0.39 is 0 Å². The highest BCUT2D eigenvalue weighted by atomic mass is 15.2. The van der Waals surface area contributed by atoms with Gasteiger partial charge in [-0.25, -0.2) is 0 Å². The molecule has 1 aliphatic carbocycles. The number of nitrogens with zero attached hydrogens (tertiary/aromatic N) is 2. The van der Waals surface area contributed by atoms with Crippen LogP contribution >= 0.6 is 0 Å². The number of hydrogen-bond acceptors (Lipinski definition) is 2. The molecule has 3 rings (SSSR count). The number of hydrogen-bond donors (Lipinski definition) is 1. The first kappa shape index (κ1) is 8.00. The maximum absolute atomic E-state index is 6.15. The van der Waals surface area contributed by atoms with E-state index >= 15 is 0 Å². The van der Waals surface area contributed by atoms with Gasteiger partial charge in [0.1, 0.15) is 0 Å². The number of aryl methyl sites for hydroxylation is 1. The fraction of sp³-hybridized carbons (Fsp3) is 0.364. The minimum absolute atomic E-state index is 0.0432. The third-order valence-corrected chi connectivity index (χ3v) is 3.11. The van der Waals surface area contributed by atoms with Crippen molar-refractivity contribution < 1.29 is 0 Å². The molecule has 1 aliphatic rings. The fourth-order valence-electron chi connectivity index (χ4n) is 1.88. The molecule has 0 unspecified atom stereocenters. The maximum atomic E-state index is 6.15. The summed E-state index contributed by atoms with van der Waals surface area (Å²) in [5.41, 5.74) is 8.51. The summed E-state index contributed by atoms with van der Waals surface area (Å²) in [6, 6.07) is 6.39. The Morgan fingerprint density at radius 1 is 1.43 bits per heavy atom. The quantitative estimate of drug-likeness (QED) is 0.735. The molecule has 3 nitrogen and oxygen atoms in total. The molecule has 1 fully saturated rings. The molecule has 1 aromatic heterocycles. The van der Waals surface area contributed by atoms with E-state index in [4.69, 9.17) is 5.73 Å². The van der Waals surface area contributed by atoms with Gasteiger partial charge in [-0.3, -0.25) is 4.68 Å². The van der Waals surface area contributed by atoms with Crippen LogP contribution in [0, 0.1) is 0 Å². The molecule has 1 aromatic carbocycles. The Labute approximate surface area is 82.5 Å². The molecule has 72 valence electrons. The van der Waals surface area contributed by atoms with Gasteiger partial charge in [0.15, 0.2) is 0 Å². The molecule has 0 saturated heterocycles. The number of aromatic nitrogens is 2. The van der Waals surface area contributed by atoms with E-state index in [1.165, 1.54) is 16.5 Å². The Morgan fingerprint density at radius 3 is 2.93 bits per heavy atom. The third-order valence-electron chi connectivity index (χ3n) is 3.11. The zero-order chi connectivity index (χ0) is 9.76. The predicted octanol–water partition coefficient (Wildman–Crippen LogP) is 1.52. The molecule has 0 bridgehead atoms. The van der Waals surface area contributed by atoms with Crippen molar-refractivity contribution in [3.8, 4) is 0 Å². The van der Waals surface area contributed by atoms with Gasteiger partial charge in [0, 0.05) is 18.0 Å². The molecule has 0 radical (unpaired) electrons. The van der Waals surface area contributed by atoms with Crippen molar-refractivity contribution in [3.05, 3.63) is 30.0 Å². The van der Waals surface area contributed by atoms with Gasteiger partial charge in [-0.05, 0) is 24.5 Å². The van der Waals surface area contributed by atoms with E-state index in [0.717, 1.165) is 12.8 Å². The Kier molecular flexibility index (Phi) is 1.35. The summed E-state index contributed by atoms with van der Waals surface area (Å²) >= 11 is 0. The van der Waals surface area contributed by atoms with Crippen LogP contribution in [0.3, 0.4) is 0 Å². The lowest BCUT2D eigenvalue weighted by Crippen LogP contribution is -2.18. The smallest absolute Gasteiger partial charge is 0.0682 e. The number of rotatable bonds is 1. The van der Waals surface area contributed by atoms with Gasteiger partial charge < -0.3 is 5.73 Å². The van der Waals surface area contributed by atoms with Crippen molar-refractivity contribution in [2.24, 2.45) is 12.8 Å². The van der Waals surface area contributed by atoms with Crippen LogP contribution in [-0.4, -0.2) is 9.78 Å². The average molecular weight is 187 g/mol. The largest absolute Gasteiger partial charge is 0.321 e. The highest BCUT2D eigenvalue weighted by molar-refractivity contribution is 5.79. The summed E-state index contributed by atoms with van der Waals surface area (Å²) in [6.07, 6.45) is 4.10. The second-order valence-corrected chi connectivity index (χ2v) is 4.20. The summed E-state index contributed by atoms with van der Waals surface area (Å²) in [5.74, 6) is 0. The van der Waals surface area contributed by atoms with Gasteiger partial charge in [0.2, 0.25) is 0 Å². The predicted molar refractivity (Wildman–Crippen MR) is 55.8 cm³/mol. The summed E-state index contributed by atoms with van der Waals surface area (Å²) in [4.78, 5) is 0. The lowest BCUT2D eigenvalue weighted by atomic mass is 10.0. The maximum Gasteiger partial charge on any atom is 0.0682 e. The Morgan fingerprint density at radius 2 is 2.21 bits per heavy atom. The van der Waals surface area contributed by atoms with E-state index in [2.05, 4.69) is 23.3 Å². The van der Waals surface area contributed by atoms with Gasteiger partial charge in [-0.1, -0.05) is 12.1 Å². The first-order valence-electron chi connectivity index (χ1n) is 4.90. The number of benzene rings is 1. The zero-order valence-corrected chi connectivity index (χ0v) is 8.20. The lowest BCUT2D eigenvalue weighted by Gasteiger charge is -2.08. The molecule has 0 aliphatic heterocycles. The topological polar surface area (TPSA) is 43.8 Å². The molecule has 3 heteroatoms. The van der Waals surface area contributed by atoms with Crippen LogP contribution in [0.1, 0.15) is 18.4 Å². The van der Waals surface area contributed by atoms with Gasteiger partial charge in [-0.15, -0.1) is 0 Å². The minimum Gasteiger partial charge on any atom is -0.321 e. The molecule has 2 aromatic rings. The molecule has 1 saturated carbocycles. The monoisotopic (exact) mass is 187 g/mol. The molecule has 14 heavy (non-hydrogen) atoms. The lowest BCUT2D eigenvalue weighted by molar-refractivity contribution is 0.738. The highest BCUT2D eigenvalue weighted by Gasteiger charge is 2.39. The Bertz CT molecular complexity index is 494. The van der Waals surface area contributed by atoms with Crippen molar-refractivity contribution in [1.82, 2.24) is 9.78 Å².